The Balaban J connectivity index is 1.60. The molecule has 0 saturated heterocycles. The number of nitro benzene ring substituents is 1. The van der Waals surface area contributed by atoms with E-state index in [4.69, 9.17) is 16.3 Å². The fourth-order valence-electron chi connectivity index (χ4n) is 2.80. The number of hydrogen-bond acceptors (Lipinski definition) is 8. The van der Waals surface area contributed by atoms with Gasteiger partial charge in [-0.05, 0) is 54.6 Å². The molecule has 1 amide bonds. The first-order valence-electron chi connectivity index (χ1n) is 9.67. The maximum absolute atomic E-state index is 12.5. The van der Waals surface area contributed by atoms with Crippen LogP contribution in [0.1, 0.15) is 15.9 Å². The summed E-state index contributed by atoms with van der Waals surface area (Å²) < 4.78 is 6.11. The topological polar surface area (TPSA) is 131 Å². The number of carbonyl (C=O) groups excluding carboxylic acids is 1. The average molecular weight is 495 g/mol. The molecule has 1 N–H and O–H groups in total. The third kappa shape index (κ3) is 5.39. The highest BCUT2D eigenvalue weighted by Gasteiger charge is 2.11. The van der Waals surface area contributed by atoms with Crippen molar-refractivity contribution in [1.29, 1.82) is 0 Å². The predicted octanol–water partition coefficient (Wildman–Crippen LogP) is 5.74. The first-order valence-corrected chi connectivity index (χ1v) is 10.9. The van der Waals surface area contributed by atoms with Gasteiger partial charge in [-0.2, -0.15) is 0 Å². The number of azo groups is 1. The Bertz CT molecular complexity index is 1420. The lowest BCUT2D eigenvalue weighted by Gasteiger charge is -2.03. The lowest BCUT2D eigenvalue weighted by atomic mass is 10.2. The van der Waals surface area contributed by atoms with Crippen LogP contribution in [0.3, 0.4) is 0 Å². The zero-order valence-electron chi connectivity index (χ0n) is 17.5. The lowest BCUT2D eigenvalue weighted by Crippen LogP contribution is -2.19. The Kier molecular flexibility index (Phi) is 6.85. The fraction of sp³-hybridized carbons (Fsp3) is 0.0455. The lowest BCUT2D eigenvalue weighted by molar-refractivity contribution is -0.384. The number of fused-ring (bicyclic) bond motifs is 1. The standard InChI is InChI=1S/C22H15ClN6O4S/c1-33-17-10-11-18-19(12-17)34-22(24-18)28-26-20(13-2-6-15(23)7-3-13)25-27-21(30)14-4-8-16(9-5-14)29(31)32/h2-12H,1H3,(H,27,30)/b25-20+,28-26?. The van der Waals surface area contributed by atoms with Gasteiger partial charge in [0, 0.05) is 28.3 Å². The molecule has 1 aromatic heterocycles. The van der Waals surface area contributed by atoms with E-state index in [2.05, 4.69) is 25.7 Å². The van der Waals surface area contributed by atoms with Gasteiger partial charge in [0.05, 0.1) is 22.2 Å². The molecule has 0 atom stereocenters. The van der Waals surface area contributed by atoms with Gasteiger partial charge in [-0.3, -0.25) is 14.9 Å². The summed E-state index contributed by atoms with van der Waals surface area (Å²) in [4.78, 5) is 27.1. The predicted molar refractivity (Wildman–Crippen MR) is 129 cm³/mol. The minimum Gasteiger partial charge on any atom is -0.497 e. The maximum atomic E-state index is 12.5. The van der Waals surface area contributed by atoms with Crippen molar-refractivity contribution in [2.45, 2.75) is 0 Å². The molecule has 0 radical (unpaired) electrons. The van der Waals surface area contributed by atoms with Crippen LogP contribution in [-0.4, -0.2) is 28.8 Å². The molecule has 0 saturated carbocycles. The highest BCUT2D eigenvalue weighted by Crippen LogP contribution is 2.31. The molecule has 0 bridgehead atoms. The molecule has 0 aliphatic heterocycles. The van der Waals surface area contributed by atoms with Crippen LogP contribution in [0.4, 0.5) is 10.8 Å². The van der Waals surface area contributed by atoms with E-state index >= 15 is 0 Å². The van der Waals surface area contributed by atoms with E-state index in [-0.39, 0.29) is 17.1 Å². The number of thiazole rings is 1. The molecule has 0 aliphatic carbocycles. The Morgan fingerprint density at radius 1 is 1.09 bits per heavy atom. The highest BCUT2D eigenvalue weighted by atomic mass is 35.5. The second-order valence-electron chi connectivity index (χ2n) is 6.72. The van der Waals surface area contributed by atoms with Crippen LogP contribution in [0.5, 0.6) is 5.75 Å². The van der Waals surface area contributed by atoms with E-state index in [1.54, 1.807) is 37.4 Å². The van der Waals surface area contributed by atoms with Crippen molar-refractivity contribution in [3.63, 3.8) is 0 Å². The van der Waals surface area contributed by atoms with Gasteiger partial charge in [-0.15, -0.1) is 15.3 Å². The van der Waals surface area contributed by atoms with Gasteiger partial charge in [-0.1, -0.05) is 22.9 Å². The molecule has 4 aromatic rings. The van der Waals surface area contributed by atoms with Crippen molar-refractivity contribution in [2.75, 3.05) is 7.11 Å². The molecule has 170 valence electrons. The molecule has 0 aliphatic rings. The summed E-state index contributed by atoms with van der Waals surface area (Å²) >= 11 is 7.29. The van der Waals surface area contributed by atoms with Crippen LogP contribution in [0.2, 0.25) is 5.02 Å². The Hall–Kier alpha value is -4.22. The first-order chi connectivity index (χ1) is 16.4. The molecule has 3 aromatic carbocycles. The number of non-ortho nitro benzene ring substituents is 1. The minimum atomic E-state index is -0.566. The molecule has 1 heterocycles. The number of halogens is 1. The summed E-state index contributed by atoms with van der Waals surface area (Å²) in [6, 6.07) is 17.3. The second-order valence-corrected chi connectivity index (χ2v) is 8.16. The van der Waals surface area contributed by atoms with Crippen molar-refractivity contribution in [2.24, 2.45) is 15.3 Å². The quantitative estimate of drug-likeness (QED) is 0.120. The normalized spacial score (nSPS) is 11.6. The van der Waals surface area contributed by atoms with Crippen molar-refractivity contribution in [3.8, 4) is 5.75 Å². The molecule has 0 fully saturated rings. The number of methoxy groups -OCH3 is 1. The first kappa shape index (κ1) is 23.0. The van der Waals surface area contributed by atoms with Gasteiger partial charge in [0.25, 0.3) is 11.6 Å². The third-order valence-corrected chi connectivity index (χ3v) is 5.68. The van der Waals surface area contributed by atoms with Crippen molar-refractivity contribution in [3.05, 3.63) is 93.0 Å². The van der Waals surface area contributed by atoms with Crippen molar-refractivity contribution >= 4 is 55.7 Å². The summed E-state index contributed by atoms with van der Waals surface area (Å²) in [5, 5.41) is 24.2. The van der Waals surface area contributed by atoms with Gasteiger partial charge in [0.15, 0.2) is 0 Å². The number of rotatable bonds is 6. The highest BCUT2D eigenvalue weighted by molar-refractivity contribution is 7.21. The van der Waals surface area contributed by atoms with E-state index in [9.17, 15) is 14.9 Å². The van der Waals surface area contributed by atoms with Crippen LogP contribution in [0.25, 0.3) is 10.2 Å². The van der Waals surface area contributed by atoms with Crippen LogP contribution in [0, 0.1) is 10.1 Å². The van der Waals surface area contributed by atoms with Gasteiger partial charge < -0.3 is 4.74 Å². The van der Waals surface area contributed by atoms with E-state index in [0.717, 1.165) is 10.2 Å². The zero-order valence-corrected chi connectivity index (χ0v) is 19.1. The number of carbonyl (C=O) groups is 1. The minimum absolute atomic E-state index is 0.115. The number of nitro groups is 1. The average Bonchev–Trinajstić information content (AvgIpc) is 3.26. The fourth-order valence-corrected chi connectivity index (χ4v) is 3.74. The van der Waals surface area contributed by atoms with Crippen molar-refractivity contribution < 1.29 is 14.5 Å². The second kappa shape index (κ2) is 10.1. The molecule has 34 heavy (non-hydrogen) atoms. The smallest absolute Gasteiger partial charge is 0.271 e. The number of hydrogen-bond donors (Lipinski definition) is 1. The Labute approximate surface area is 201 Å². The molecule has 12 heteroatoms. The largest absolute Gasteiger partial charge is 0.497 e. The summed E-state index contributed by atoms with van der Waals surface area (Å²) in [7, 11) is 1.59. The number of amidine groups is 1. The third-order valence-electron chi connectivity index (χ3n) is 4.52. The van der Waals surface area contributed by atoms with E-state index in [0.29, 0.717) is 21.5 Å². The number of nitrogens with zero attached hydrogens (tertiary/aromatic N) is 5. The SMILES string of the molecule is COc1ccc2nc(N=N/C(=N/NC(=O)c3ccc([N+](=O)[O-])cc3)c3ccc(Cl)cc3)sc2c1. The van der Waals surface area contributed by atoms with Crippen LogP contribution >= 0.6 is 22.9 Å². The Morgan fingerprint density at radius 2 is 1.79 bits per heavy atom. The number of aromatic nitrogens is 1. The van der Waals surface area contributed by atoms with Gasteiger partial charge in [0.2, 0.25) is 11.0 Å². The summed E-state index contributed by atoms with van der Waals surface area (Å²) in [6.45, 7) is 0. The monoisotopic (exact) mass is 494 g/mol. The van der Waals surface area contributed by atoms with Crippen LogP contribution in [0.15, 0.2) is 82.1 Å². The molecule has 4 rings (SSSR count). The number of ether oxygens (including phenoxy) is 1. The van der Waals surface area contributed by atoms with Gasteiger partial charge >= 0.3 is 0 Å². The van der Waals surface area contributed by atoms with Crippen molar-refractivity contribution in [1.82, 2.24) is 10.4 Å². The molecular weight excluding hydrogens is 480 g/mol. The number of amides is 1. The number of hydrazone groups is 1. The maximum Gasteiger partial charge on any atom is 0.271 e. The molecule has 0 spiro atoms. The summed E-state index contributed by atoms with van der Waals surface area (Å²) in [5.74, 6) is 0.254. The molecular formula is C22H15ClN6O4S. The van der Waals surface area contributed by atoms with Gasteiger partial charge in [-0.25, -0.2) is 10.4 Å². The summed E-state index contributed by atoms with van der Waals surface area (Å²) in [6.07, 6.45) is 0. The molecule has 10 nitrogen and oxygen atoms in total. The van der Waals surface area contributed by atoms with E-state index in [1.165, 1.54) is 35.6 Å². The van der Waals surface area contributed by atoms with Crippen LogP contribution in [-0.2, 0) is 0 Å². The number of benzene rings is 3. The zero-order chi connectivity index (χ0) is 24.1. The number of nitrogens with one attached hydrogen (secondary N) is 1. The van der Waals surface area contributed by atoms with E-state index in [1.807, 2.05) is 12.1 Å². The summed E-state index contributed by atoms with van der Waals surface area (Å²) in [5.41, 5.74) is 3.77. The molecule has 0 unspecified atom stereocenters. The van der Waals surface area contributed by atoms with Crippen LogP contribution < -0.4 is 10.2 Å². The van der Waals surface area contributed by atoms with E-state index < -0.39 is 10.8 Å². The van der Waals surface area contributed by atoms with Gasteiger partial charge in [0.1, 0.15) is 5.75 Å². The Morgan fingerprint density at radius 3 is 2.47 bits per heavy atom.